The molecular weight excluding hydrogens is 483 g/mol. The molecule has 8 heteroatoms. The van der Waals surface area contributed by atoms with Crippen LogP contribution < -0.4 is 20.1 Å². The molecule has 0 bridgehead atoms. The predicted molar refractivity (Wildman–Crippen MR) is 129 cm³/mol. The Morgan fingerprint density at radius 1 is 1.17 bits per heavy atom. The Hall–Kier alpha value is -1.26. The number of nitrogens with one attached hydrogen (secondary N) is 2. The zero-order chi connectivity index (χ0) is 20.2. The summed E-state index contributed by atoms with van der Waals surface area (Å²) in [4.78, 5) is 7.22. The molecule has 1 aromatic carbocycles. The lowest BCUT2D eigenvalue weighted by Crippen LogP contribution is -2.40. The summed E-state index contributed by atoms with van der Waals surface area (Å²) in [6.45, 7) is 11.6. The Kier molecular flexibility index (Phi) is 13.0. The summed E-state index contributed by atoms with van der Waals surface area (Å²) in [6.07, 6.45) is 0.883. The van der Waals surface area contributed by atoms with E-state index >= 15 is 0 Å². The molecular formula is C21H37IN4O3. The number of guanidine groups is 1. The number of hydrogen-bond donors (Lipinski definition) is 2. The highest BCUT2D eigenvalue weighted by Crippen LogP contribution is 2.27. The van der Waals surface area contributed by atoms with Gasteiger partial charge in [-0.1, -0.05) is 13.0 Å². The van der Waals surface area contributed by atoms with Crippen molar-refractivity contribution in [3.63, 3.8) is 0 Å². The highest BCUT2D eigenvalue weighted by Gasteiger charge is 2.13. The van der Waals surface area contributed by atoms with Gasteiger partial charge in [0.2, 0.25) is 0 Å². The van der Waals surface area contributed by atoms with Crippen molar-refractivity contribution in [1.82, 2.24) is 15.5 Å². The molecule has 0 saturated carbocycles. The number of ether oxygens (including phenoxy) is 3. The van der Waals surface area contributed by atoms with Gasteiger partial charge < -0.3 is 24.8 Å². The minimum Gasteiger partial charge on any atom is -0.493 e. The highest BCUT2D eigenvalue weighted by molar-refractivity contribution is 14.0. The van der Waals surface area contributed by atoms with E-state index in [1.165, 1.54) is 5.56 Å². The van der Waals surface area contributed by atoms with E-state index < -0.39 is 0 Å². The number of benzene rings is 1. The van der Waals surface area contributed by atoms with E-state index in [0.29, 0.717) is 5.92 Å². The maximum atomic E-state index is 5.42. The van der Waals surface area contributed by atoms with Gasteiger partial charge in [0.05, 0.1) is 27.4 Å². The van der Waals surface area contributed by atoms with Crippen LogP contribution in [0.4, 0.5) is 0 Å². The molecule has 0 aromatic heterocycles. The number of nitrogens with zero attached hydrogens (tertiary/aromatic N) is 2. The maximum Gasteiger partial charge on any atom is 0.191 e. The van der Waals surface area contributed by atoms with Gasteiger partial charge in [-0.2, -0.15) is 0 Å². The van der Waals surface area contributed by atoms with Crippen LogP contribution in [-0.4, -0.2) is 77.6 Å². The van der Waals surface area contributed by atoms with Gasteiger partial charge >= 0.3 is 0 Å². The van der Waals surface area contributed by atoms with Crippen LogP contribution in [0.3, 0.4) is 0 Å². The summed E-state index contributed by atoms with van der Waals surface area (Å²) in [5.41, 5.74) is 1.20. The maximum absolute atomic E-state index is 5.42. The lowest BCUT2D eigenvalue weighted by atomic mass is 10.1. The summed E-state index contributed by atoms with van der Waals surface area (Å²) >= 11 is 0. The number of halogens is 1. The summed E-state index contributed by atoms with van der Waals surface area (Å²) < 4.78 is 16.1. The molecule has 166 valence electrons. The first kappa shape index (κ1) is 25.8. The smallest absolute Gasteiger partial charge is 0.191 e. The second-order valence-corrected chi connectivity index (χ2v) is 7.10. The normalized spacial score (nSPS) is 15.9. The molecule has 0 aliphatic carbocycles. The van der Waals surface area contributed by atoms with Crippen LogP contribution in [0.2, 0.25) is 0 Å². The minimum absolute atomic E-state index is 0. The Balaban J connectivity index is 0.00000420. The SMILES string of the molecule is CCNC(=NCC(C)CN1CCOCC1)NCCc1ccc(OC)c(OC)c1.I. The topological polar surface area (TPSA) is 67.4 Å². The molecule has 7 nitrogen and oxygen atoms in total. The summed E-state index contributed by atoms with van der Waals surface area (Å²) in [6, 6.07) is 6.03. The molecule has 2 N–H and O–H groups in total. The van der Waals surface area contributed by atoms with Gasteiger partial charge in [-0.3, -0.25) is 9.89 Å². The highest BCUT2D eigenvalue weighted by atomic mass is 127. The van der Waals surface area contributed by atoms with Crippen LogP contribution in [-0.2, 0) is 11.2 Å². The summed E-state index contributed by atoms with van der Waals surface area (Å²) in [5.74, 6) is 2.90. The van der Waals surface area contributed by atoms with Crippen LogP contribution in [0.15, 0.2) is 23.2 Å². The Morgan fingerprint density at radius 2 is 1.90 bits per heavy atom. The molecule has 1 saturated heterocycles. The van der Waals surface area contributed by atoms with Crippen molar-refractivity contribution >= 4 is 29.9 Å². The van der Waals surface area contributed by atoms with Crippen LogP contribution in [0.1, 0.15) is 19.4 Å². The van der Waals surface area contributed by atoms with Gasteiger partial charge in [0.1, 0.15) is 0 Å². The molecule has 0 amide bonds. The van der Waals surface area contributed by atoms with E-state index in [1.807, 2.05) is 12.1 Å². The van der Waals surface area contributed by atoms with Crippen molar-refractivity contribution in [2.24, 2.45) is 10.9 Å². The first-order valence-electron chi connectivity index (χ1n) is 10.2. The van der Waals surface area contributed by atoms with Crippen molar-refractivity contribution in [1.29, 1.82) is 0 Å². The molecule has 0 spiro atoms. The molecule has 1 atom stereocenters. The molecule has 1 fully saturated rings. The average Bonchev–Trinajstić information content (AvgIpc) is 2.72. The third kappa shape index (κ3) is 9.39. The van der Waals surface area contributed by atoms with E-state index in [1.54, 1.807) is 14.2 Å². The minimum atomic E-state index is 0. The van der Waals surface area contributed by atoms with E-state index in [4.69, 9.17) is 19.2 Å². The van der Waals surface area contributed by atoms with Crippen LogP contribution in [0.25, 0.3) is 0 Å². The fourth-order valence-electron chi connectivity index (χ4n) is 3.23. The van der Waals surface area contributed by atoms with E-state index in [0.717, 1.165) is 76.4 Å². The zero-order valence-electron chi connectivity index (χ0n) is 18.2. The molecule has 1 aliphatic rings. The molecule has 1 aliphatic heterocycles. The molecule has 1 aromatic rings. The fraction of sp³-hybridized carbons (Fsp3) is 0.667. The van der Waals surface area contributed by atoms with Crippen molar-refractivity contribution < 1.29 is 14.2 Å². The second kappa shape index (κ2) is 14.7. The molecule has 2 rings (SSSR count). The van der Waals surface area contributed by atoms with Crippen molar-refractivity contribution in [3.8, 4) is 11.5 Å². The monoisotopic (exact) mass is 520 g/mol. The van der Waals surface area contributed by atoms with Crippen LogP contribution in [0.5, 0.6) is 11.5 Å². The van der Waals surface area contributed by atoms with Crippen LogP contribution in [0, 0.1) is 5.92 Å². The number of hydrogen-bond acceptors (Lipinski definition) is 5. The Labute approximate surface area is 192 Å². The van der Waals surface area contributed by atoms with Gasteiger partial charge in [-0.05, 0) is 37.0 Å². The van der Waals surface area contributed by atoms with E-state index in [2.05, 4.69) is 35.4 Å². The predicted octanol–water partition coefficient (Wildman–Crippen LogP) is 2.39. The Bertz CT molecular complexity index is 610. The van der Waals surface area contributed by atoms with Gasteiger partial charge in [0.15, 0.2) is 17.5 Å². The van der Waals surface area contributed by atoms with Gasteiger partial charge in [0, 0.05) is 39.3 Å². The van der Waals surface area contributed by atoms with Crippen molar-refractivity contribution in [2.75, 3.05) is 66.7 Å². The zero-order valence-corrected chi connectivity index (χ0v) is 20.5. The van der Waals surface area contributed by atoms with E-state index in [9.17, 15) is 0 Å². The lowest BCUT2D eigenvalue weighted by Gasteiger charge is -2.28. The summed E-state index contributed by atoms with van der Waals surface area (Å²) in [7, 11) is 3.31. The molecule has 29 heavy (non-hydrogen) atoms. The third-order valence-corrected chi connectivity index (χ3v) is 4.73. The summed E-state index contributed by atoms with van der Waals surface area (Å²) in [5, 5.41) is 6.76. The second-order valence-electron chi connectivity index (χ2n) is 7.10. The first-order valence-corrected chi connectivity index (χ1v) is 10.2. The van der Waals surface area contributed by atoms with Gasteiger partial charge in [-0.25, -0.2) is 0 Å². The van der Waals surface area contributed by atoms with Gasteiger partial charge in [0.25, 0.3) is 0 Å². The average molecular weight is 520 g/mol. The van der Waals surface area contributed by atoms with E-state index in [-0.39, 0.29) is 24.0 Å². The fourth-order valence-corrected chi connectivity index (χ4v) is 3.23. The number of rotatable bonds is 10. The quantitative estimate of drug-likeness (QED) is 0.281. The molecule has 1 unspecified atom stereocenters. The molecule has 0 radical (unpaired) electrons. The van der Waals surface area contributed by atoms with Crippen LogP contribution >= 0.6 is 24.0 Å². The Morgan fingerprint density at radius 3 is 2.55 bits per heavy atom. The number of aliphatic imine (C=N–C) groups is 1. The molecule has 1 heterocycles. The first-order chi connectivity index (χ1) is 13.7. The van der Waals surface area contributed by atoms with Crippen molar-refractivity contribution in [3.05, 3.63) is 23.8 Å². The number of morpholine rings is 1. The van der Waals surface area contributed by atoms with Crippen molar-refractivity contribution in [2.45, 2.75) is 20.3 Å². The standard InChI is InChI=1S/C21H36N4O3.HI/c1-5-22-21(24-15-17(2)16-25-10-12-28-13-11-25)23-9-8-18-6-7-19(26-3)20(14-18)27-4;/h6-7,14,17H,5,8-13,15-16H2,1-4H3,(H2,22,23,24);1H. The third-order valence-electron chi connectivity index (χ3n) is 4.73. The van der Waals surface area contributed by atoms with Gasteiger partial charge in [-0.15, -0.1) is 24.0 Å². The lowest BCUT2D eigenvalue weighted by molar-refractivity contribution is 0.0323. The number of methoxy groups -OCH3 is 2. The largest absolute Gasteiger partial charge is 0.493 e.